The van der Waals surface area contributed by atoms with E-state index in [2.05, 4.69) is 42.6 Å². The van der Waals surface area contributed by atoms with Crippen LogP contribution in [0, 0.1) is 24.6 Å². The summed E-state index contributed by atoms with van der Waals surface area (Å²) in [4.78, 5) is 8.72. The van der Waals surface area contributed by atoms with Crippen LogP contribution in [0.2, 0.25) is 18.1 Å². The van der Waals surface area contributed by atoms with Crippen molar-refractivity contribution < 1.29 is 31.5 Å². The second-order valence-corrected chi connectivity index (χ2v) is 16.1. The van der Waals surface area contributed by atoms with E-state index < -0.39 is 37.9 Å². The molecular formula is C31H36F4N2O3Si. The van der Waals surface area contributed by atoms with E-state index in [1.54, 1.807) is 27.0 Å². The first-order valence-electron chi connectivity index (χ1n) is 13.2. The van der Waals surface area contributed by atoms with E-state index in [-0.39, 0.29) is 17.2 Å². The highest BCUT2D eigenvalue weighted by molar-refractivity contribution is 6.74. The van der Waals surface area contributed by atoms with Gasteiger partial charge >= 0.3 is 6.18 Å². The van der Waals surface area contributed by atoms with E-state index >= 15 is 0 Å². The zero-order chi connectivity index (χ0) is 30.6. The minimum atomic E-state index is -4.64. The van der Waals surface area contributed by atoms with Gasteiger partial charge in [-0.3, -0.25) is 0 Å². The summed E-state index contributed by atoms with van der Waals surface area (Å²) >= 11 is 0. The van der Waals surface area contributed by atoms with Gasteiger partial charge in [-0.25, -0.2) is 9.37 Å². The van der Waals surface area contributed by atoms with Crippen molar-refractivity contribution in [1.82, 2.24) is 9.97 Å². The molecule has 3 rings (SSSR count). The molecule has 2 unspecified atom stereocenters. The first kappa shape index (κ1) is 32.1. The monoisotopic (exact) mass is 588 g/mol. The van der Waals surface area contributed by atoms with Crippen molar-refractivity contribution in [3.63, 3.8) is 0 Å². The van der Waals surface area contributed by atoms with Crippen LogP contribution in [-0.4, -0.2) is 31.5 Å². The van der Waals surface area contributed by atoms with Gasteiger partial charge in [0.2, 0.25) is 5.88 Å². The van der Waals surface area contributed by atoms with Crippen LogP contribution in [0.25, 0.3) is 0 Å². The Hall–Kier alpha value is -3.42. The number of aryl methyl sites for hydroxylation is 1. The Morgan fingerprint density at radius 2 is 1.63 bits per heavy atom. The van der Waals surface area contributed by atoms with Gasteiger partial charge in [0.1, 0.15) is 35.8 Å². The Morgan fingerprint density at radius 3 is 2.20 bits per heavy atom. The Labute approximate surface area is 240 Å². The number of halogens is 4. The normalized spacial score (nSPS) is 13.7. The number of hydrogen-bond acceptors (Lipinski definition) is 5. The number of alkyl halides is 3. The van der Waals surface area contributed by atoms with Crippen LogP contribution in [0.15, 0.2) is 48.5 Å². The van der Waals surface area contributed by atoms with Crippen molar-refractivity contribution in [2.45, 2.75) is 77.6 Å². The van der Waals surface area contributed by atoms with Crippen LogP contribution < -0.4 is 9.47 Å². The van der Waals surface area contributed by atoms with Gasteiger partial charge in [0, 0.05) is 12.0 Å². The lowest BCUT2D eigenvalue weighted by molar-refractivity contribution is -0.137. The zero-order valence-corrected chi connectivity index (χ0v) is 25.6. The summed E-state index contributed by atoms with van der Waals surface area (Å²) in [6, 6.07) is 11.6. The lowest BCUT2D eigenvalue weighted by Crippen LogP contribution is -2.44. The molecule has 0 amide bonds. The predicted molar refractivity (Wildman–Crippen MR) is 153 cm³/mol. The number of nitrogens with zero attached hydrogens (tertiary/aromatic N) is 2. The fourth-order valence-corrected chi connectivity index (χ4v) is 4.94. The number of aromatic nitrogens is 2. The van der Waals surface area contributed by atoms with Crippen molar-refractivity contribution in [3.8, 4) is 23.5 Å². The standard InChI is InChI=1S/C31H36F4N2O3Si/c1-20(26-15-11-23(17-27(26)32)31(33,34)35)28(40-41(7,8)30(3,4)5)16-12-24-18-29(37-21(2)36-24)39-19-22-9-13-25(38-6)14-10-22/h9-11,13-15,17-18,20,28H,19H2,1-8H3. The molecule has 1 heterocycles. The van der Waals surface area contributed by atoms with E-state index in [4.69, 9.17) is 13.9 Å². The fourth-order valence-electron chi connectivity index (χ4n) is 3.69. The predicted octanol–water partition coefficient (Wildman–Crippen LogP) is 8.08. The molecule has 3 aromatic rings. The summed E-state index contributed by atoms with van der Waals surface area (Å²) < 4.78 is 72.0. The van der Waals surface area contributed by atoms with Crippen LogP contribution in [0.1, 0.15) is 61.8 Å². The van der Waals surface area contributed by atoms with Gasteiger partial charge in [-0.2, -0.15) is 18.2 Å². The van der Waals surface area contributed by atoms with Crippen molar-refractivity contribution in [1.29, 1.82) is 0 Å². The summed E-state index contributed by atoms with van der Waals surface area (Å²) in [6.45, 7) is 14.0. The molecule has 0 aliphatic carbocycles. The molecule has 0 saturated heterocycles. The maximum absolute atomic E-state index is 15.0. The molecule has 0 N–H and O–H groups in total. The third kappa shape index (κ3) is 8.54. The SMILES string of the molecule is COc1ccc(COc2cc(C#CC(O[Si](C)(C)C(C)(C)C)C(C)c3ccc(C(F)(F)F)cc3F)nc(C)n2)cc1. The highest BCUT2D eigenvalue weighted by atomic mass is 28.4. The van der Waals surface area contributed by atoms with Crippen LogP contribution in [-0.2, 0) is 17.2 Å². The van der Waals surface area contributed by atoms with Crippen molar-refractivity contribution in [2.75, 3.05) is 7.11 Å². The first-order chi connectivity index (χ1) is 19.0. The third-order valence-electron chi connectivity index (χ3n) is 7.20. The quantitative estimate of drug-likeness (QED) is 0.151. The summed E-state index contributed by atoms with van der Waals surface area (Å²) in [6.07, 6.45) is -5.45. The highest BCUT2D eigenvalue weighted by Crippen LogP contribution is 2.40. The second kappa shape index (κ2) is 12.6. The minimum Gasteiger partial charge on any atom is -0.497 e. The topological polar surface area (TPSA) is 53.5 Å². The molecule has 0 bridgehead atoms. The lowest BCUT2D eigenvalue weighted by Gasteiger charge is -2.39. The molecule has 2 aromatic carbocycles. The molecule has 41 heavy (non-hydrogen) atoms. The first-order valence-corrected chi connectivity index (χ1v) is 16.1. The fraction of sp³-hybridized carbons (Fsp3) is 0.419. The Morgan fingerprint density at radius 1 is 0.976 bits per heavy atom. The summed E-state index contributed by atoms with van der Waals surface area (Å²) in [7, 11) is -0.813. The van der Waals surface area contributed by atoms with Gasteiger partial charge in [-0.1, -0.05) is 51.8 Å². The molecule has 2 atom stereocenters. The zero-order valence-electron chi connectivity index (χ0n) is 24.6. The van der Waals surface area contributed by atoms with E-state index in [1.807, 2.05) is 37.4 Å². The number of rotatable bonds is 8. The molecule has 0 fully saturated rings. The average molecular weight is 589 g/mol. The number of methoxy groups -OCH3 is 1. The smallest absolute Gasteiger partial charge is 0.416 e. The largest absolute Gasteiger partial charge is 0.497 e. The molecule has 220 valence electrons. The molecule has 0 aliphatic heterocycles. The number of benzene rings is 2. The highest BCUT2D eigenvalue weighted by Gasteiger charge is 2.40. The van der Waals surface area contributed by atoms with Crippen molar-refractivity contribution in [3.05, 3.63) is 82.6 Å². The van der Waals surface area contributed by atoms with Crippen LogP contribution >= 0.6 is 0 Å². The average Bonchev–Trinajstić information content (AvgIpc) is 2.88. The van der Waals surface area contributed by atoms with Gasteiger partial charge in [0.05, 0.1) is 12.7 Å². The number of hydrogen-bond donors (Lipinski definition) is 0. The number of ether oxygens (including phenoxy) is 2. The van der Waals surface area contributed by atoms with Crippen LogP contribution in [0.5, 0.6) is 11.6 Å². The molecule has 10 heteroatoms. The Kier molecular flexibility index (Phi) is 9.88. The Balaban J connectivity index is 1.92. The molecular weight excluding hydrogens is 552 g/mol. The van der Waals surface area contributed by atoms with Crippen molar-refractivity contribution in [2.24, 2.45) is 0 Å². The summed E-state index contributed by atoms with van der Waals surface area (Å²) in [5, 5.41) is -0.181. The van der Waals surface area contributed by atoms with Crippen LogP contribution in [0.4, 0.5) is 17.6 Å². The summed E-state index contributed by atoms with van der Waals surface area (Å²) in [5.41, 5.74) is 0.354. The molecule has 1 aromatic heterocycles. The second-order valence-electron chi connectivity index (χ2n) is 11.4. The maximum atomic E-state index is 15.0. The van der Waals surface area contributed by atoms with Gasteiger partial charge in [-0.15, -0.1) is 0 Å². The van der Waals surface area contributed by atoms with Gasteiger partial charge in [0.25, 0.3) is 0 Å². The van der Waals surface area contributed by atoms with Gasteiger partial charge < -0.3 is 13.9 Å². The van der Waals surface area contributed by atoms with E-state index in [1.165, 1.54) is 0 Å². The van der Waals surface area contributed by atoms with Crippen molar-refractivity contribution >= 4 is 8.32 Å². The maximum Gasteiger partial charge on any atom is 0.416 e. The Bertz CT molecular complexity index is 1410. The molecule has 5 nitrogen and oxygen atoms in total. The molecule has 0 spiro atoms. The molecule has 0 saturated carbocycles. The molecule has 0 aliphatic rings. The van der Waals surface area contributed by atoms with E-state index in [0.717, 1.165) is 23.4 Å². The van der Waals surface area contributed by atoms with Crippen LogP contribution in [0.3, 0.4) is 0 Å². The summed E-state index contributed by atoms with van der Waals surface area (Å²) in [5.74, 6) is 6.02. The van der Waals surface area contributed by atoms with E-state index in [0.29, 0.717) is 23.5 Å². The molecule has 0 radical (unpaired) electrons. The third-order valence-corrected chi connectivity index (χ3v) is 11.7. The lowest BCUT2D eigenvalue weighted by atomic mass is 9.94. The van der Waals surface area contributed by atoms with Gasteiger partial charge in [0.15, 0.2) is 8.32 Å². The minimum absolute atomic E-state index is 0.0957. The van der Waals surface area contributed by atoms with E-state index in [9.17, 15) is 17.6 Å². The van der Waals surface area contributed by atoms with Gasteiger partial charge in [-0.05, 0) is 66.4 Å².